The maximum absolute atomic E-state index is 13.2. The normalized spacial score (nSPS) is 13.6. The number of rotatable bonds is 10. The smallest absolute Gasteiger partial charge is 0.259 e. The average Bonchev–Trinajstić information content (AvgIpc) is 3.40. The van der Waals surface area contributed by atoms with Crippen LogP contribution in [0.3, 0.4) is 0 Å². The van der Waals surface area contributed by atoms with E-state index in [1.165, 1.54) is 6.20 Å². The summed E-state index contributed by atoms with van der Waals surface area (Å²) in [6.07, 6.45) is 5.22. The molecule has 7 nitrogen and oxygen atoms in total. The molecule has 0 aliphatic rings. The third kappa shape index (κ3) is 8.01. The number of nitrogens with zero attached hydrogens (tertiary/aromatic N) is 2. The van der Waals surface area contributed by atoms with E-state index in [1.54, 1.807) is 21.0 Å². The van der Waals surface area contributed by atoms with Crippen molar-refractivity contribution >= 4 is 33.2 Å². The molecule has 0 spiro atoms. The molecule has 1 unspecified atom stereocenters. The van der Waals surface area contributed by atoms with Gasteiger partial charge in [-0.05, 0) is 83.7 Å². The molecule has 9 heteroatoms. The van der Waals surface area contributed by atoms with Crippen LogP contribution in [0.4, 0.5) is 0 Å². The van der Waals surface area contributed by atoms with Crippen LogP contribution in [-0.2, 0) is 31.5 Å². The van der Waals surface area contributed by atoms with E-state index in [0.29, 0.717) is 10.6 Å². The van der Waals surface area contributed by atoms with E-state index in [-0.39, 0.29) is 22.6 Å². The number of carbonyl (C=O) groups excluding carboxylic acids is 1. The summed E-state index contributed by atoms with van der Waals surface area (Å²) in [5.74, 6) is 0.254. The van der Waals surface area contributed by atoms with Gasteiger partial charge in [-0.1, -0.05) is 64.6 Å². The molecule has 0 aliphatic heterocycles. The molecular weight excluding hydrogens is 555 g/mol. The van der Waals surface area contributed by atoms with Crippen LogP contribution >= 0.6 is 11.3 Å². The molecule has 1 heterocycles. The number of hydrogen-bond donors (Lipinski definition) is 2. The molecule has 3 aromatic rings. The molecule has 1 atom stereocenters. The van der Waals surface area contributed by atoms with Gasteiger partial charge in [-0.3, -0.25) is 4.79 Å². The Morgan fingerprint density at radius 1 is 1.17 bits per heavy atom. The largest absolute Gasteiger partial charge is 0.497 e. The molecule has 3 N–H and O–H groups in total. The summed E-state index contributed by atoms with van der Waals surface area (Å²) in [6.45, 7) is 17.5. The second-order valence-corrected chi connectivity index (χ2v) is 14.3. The Morgan fingerprint density at radius 3 is 2.29 bits per heavy atom. The zero-order valence-electron chi connectivity index (χ0n) is 25.1. The summed E-state index contributed by atoms with van der Waals surface area (Å²) in [6, 6.07) is 10.6. The van der Waals surface area contributed by atoms with Crippen LogP contribution in [0.25, 0.3) is 17.2 Å². The van der Waals surface area contributed by atoms with Crippen LogP contribution in [-0.4, -0.2) is 27.3 Å². The first-order chi connectivity index (χ1) is 19.0. The second-order valence-electron chi connectivity index (χ2n) is 11.3. The number of ether oxygens (including phenoxy) is 1. The molecule has 0 fully saturated rings. The van der Waals surface area contributed by atoms with Crippen LogP contribution in [0.1, 0.15) is 86.1 Å². The number of amides is 1. The molecule has 0 radical (unpaired) electrons. The highest BCUT2D eigenvalue weighted by Crippen LogP contribution is 2.35. The third-order valence-corrected chi connectivity index (χ3v) is 9.94. The quantitative estimate of drug-likeness (QED) is 0.189. The lowest BCUT2D eigenvalue weighted by Crippen LogP contribution is -2.17. The number of aromatic nitrogens is 1. The third-order valence-electron chi connectivity index (χ3n) is 6.79. The fourth-order valence-electron chi connectivity index (χ4n) is 4.42. The van der Waals surface area contributed by atoms with Crippen LogP contribution < -0.4 is 5.14 Å². The SMILES string of the molecule is C=C(/C=C\c1cc(-c2cc(C(C)C)c(CC(=O)N=S(N)(=O)c3ncc(C(C)(C)O)s3)c(C(C)C)c2)ccc1C)OC. The summed E-state index contributed by atoms with van der Waals surface area (Å²) in [7, 11) is -1.97. The Balaban J connectivity index is 2.06. The van der Waals surface area contributed by atoms with Crippen molar-refractivity contribution in [2.75, 3.05) is 7.11 Å². The zero-order chi connectivity index (χ0) is 30.7. The number of carbonyl (C=O) groups is 1. The molecule has 0 saturated heterocycles. The minimum atomic E-state index is -3.56. The van der Waals surface area contributed by atoms with Crippen LogP contribution in [0.5, 0.6) is 0 Å². The first kappa shape index (κ1) is 32.4. The number of allylic oxidation sites excluding steroid dienone is 1. The molecule has 0 saturated carbocycles. The minimum Gasteiger partial charge on any atom is -0.497 e. The van der Waals surface area contributed by atoms with Crippen molar-refractivity contribution in [3.8, 4) is 11.1 Å². The van der Waals surface area contributed by atoms with Crippen LogP contribution in [0.15, 0.2) is 63.6 Å². The molecule has 0 bridgehead atoms. The summed E-state index contributed by atoms with van der Waals surface area (Å²) in [5, 5.41) is 16.2. The van der Waals surface area contributed by atoms with Gasteiger partial charge in [0.05, 0.1) is 24.0 Å². The highest BCUT2D eigenvalue weighted by Gasteiger charge is 2.24. The maximum atomic E-state index is 13.2. The molecule has 0 aliphatic carbocycles. The number of thiazole rings is 1. The summed E-state index contributed by atoms with van der Waals surface area (Å²) >= 11 is 0.995. The van der Waals surface area contributed by atoms with E-state index in [9.17, 15) is 14.1 Å². The molecule has 41 heavy (non-hydrogen) atoms. The van der Waals surface area contributed by atoms with E-state index in [4.69, 9.17) is 9.88 Å². The molecule has 1 aromatic heterocycles. The van der Waals surface area contributed by atoms with Gasteiger partial charge >= 0.3 is 0 Å². The van der Waals surface area contributed by atoms with E-state index < -0.39 is 21.4 Å². The van der Waals surface area contributed by atoms with Crippen molar-refractivity contribution in [3.05, 3.63) is 87.6 Å². The van der Waals surface area contributed by atoms with Crippen molar-refractivity contribution in [2.24, 2.45) is 9.50 Å². The average molecular weight is 596 g/mol. The van der Waals surface area contributed by atoms with Crippen molar-refractivity contribution in [2.45, 2.75) is 76.7 Å². The number of nitrogens with two attached hydrogens (primary N) is 1. The molecule has 2 aromatic carbocycles. The standard InChI is InChI=1S/C32H41N3O4S2/c1-19(2)26-15-25(24-12-10-21(5)23(14-24)13-11-22(6)39-9)16-27(20(3)4)28(26)17-30(36)35-41(33,38)31-34-18-29(40-31)32(7,8)37/h10-16,18-20,37H,6,17H2,1-5,7-9H3,(H2,33,35,36,38)/b13-11-. The number of aryl methyl sites for hydroxylation is 1. The predicted molar refractivity (Wildman–Crippen MR) is 169 cm³/mol. The van der Waals surface area contributed by atoms with Gasteiger partial charge in [-0.2, -0.15) is 0 Å². The highest BCUT2D eigenvalue weighted by molar-refractivity contribution is 7.93. The molecule has 220 valence electrons. The van der Waals surface area contributed by atoms with Crippen molar-refractivity contribution in [3.63, 3.8) is 0 Å². The topological polar surface area (TPSA) is 115 Å². The first-order valence-electron chi connectivity index (χ1n) is 13.5. The Morgan fingerprint density at radius 2 is 1.78 bits per heavy atom. The number of hydrogen-bond acceptors (Lipinski definition) is 6. The molecule has 3 rings (SSSR count). The van der Waals surface area contributed by atoms with E-state index in [2.05, 4.69) is 80.9 Å². The highest BCUT2D eigenvalue weighted by atomic mass is 32.2. The van der Waals surface area contributed by atoms with Crippen LogP contribution in [0, 0.1) is 6.92 Å². The molecular formula is C32H41N3O4S2. The van der Waals surface area contributed by atoms with Gasteiger partial charge in [0, 0.05) is 6.20 Å². The summed E-state index contributed by atoms with van der Waals surface area (Å²) in [5.41, 5.74) is 6.07. The first-order valence-corrected chi connectivity index (χ1v) is 15.9. The van der Waals surface area contributed by atoms with Gasteiger partial charge in [0.1, 0.15) is 5.76 Å². The fraction of sp³-hybridized carbons (Fsp3) is 0.375. The van der Waals surface area contributed by atoms with Crippen molar-refractivity contribution in [1.29, 1.82) is 0 Å². The van der Waals surface area contributed by atoms with Gasteiger partial charge in [0.25, 0.3) is 5.91 Å². The summed E-state index contributed by atoms with van der Waals surface area (Å²) < 4.78 is 22.3. The van der Waals surface area contributed by atoms with E-state index >= 15 is 0 Å². The van der Waals surface area contributed by atoms with Gasteiger partial charge in [-0.25, -0.2) is 14.3 Å². The number of benzene rings is 2. The fourth-order valence-corrected chi connectivity index (χ4v) is 6.58. The zero-order valence-corrected chi connectivity index (χ0v) is 26.8. The van der Waals surface area contributed by atoms with Crippen molar-refractivity contribution in [1.82, 2.24) is 4.98 Å². The monoisotopic (exact) mass is 595 g/mol. The maximum Gasteiger partial charge on any atom is 0.259 e. The van der Waals surface area contributed by atoms with Gasteiger partial charge < -0.3 is 9.84 Å². The lowest BCUT2D eigenvalue weighted by atomic mass is 9.83. The van der Waals surface area contributed by atoms with Gasteiger partial charge in [0.2, 0.25) is 4.34 Å². The Hall–Kier alpha value is -3.11. The molecule has 1 amide bonds. The van der Waals surface area contributed by atoms with Crippen LogP contribution in [0.2, 0.25) is 0 Å². The second kappa shape index (κ2) is 12.8. The minimum absolute atomic E-state index is 0.0183. The van der Waals surface area contributed by atoms with Crippen molar-refractivity contribution < 1.29 is 18.8 Å². The van der Waals surface area contributed by atoms with E-state index in [1.807, 2.05) is 12.2 Å². The lowest BCUT2D eigenvalue weighted by molar-refractivity contribution is -0.117. The Kier molecular flexibility index (Phi) is 10.1. The lowest BCUT2D eigenvalue weighted by Gasteiger charge is -2.21. The predicted octanol–water partition coefficient (Wildman–Crippen LogP) is 7.24. The number of aliphatic hydroxyl groups is 1. The van der Waals surface area contributed by atoms with Gasteiger partial charge in [0.15, 0.2) is 9.92 Å². The van der Waals surface area contributed by atoms with E-state index in [0.717, 1.165) is 50.3 Å². The van der Waals surface area contributed by atoms with Gasteiger partial charge in [-0.15, -0.1) is 15.7 Å². The number of methoxy groups -OCH3 is 1. The summed E-state index contributed by atoms with van der Waals surface area (Å²) in [4.78, 5) is 17.8. The Bertz CT molecular complexity index is 1570. The Labute approximate surface area is 248 Å².